The van der Waals surface area contributed by atoms with Gasteiger partial charge in [-0.05, 0) is 18.6 Å². The zero-order chi connectivity index (χ0) is 23.5. The second-order valence-corrected chi connectivity index (χ2v) is 7.65. The van der Waals surface area contributed by atoms with Crippen molar-refractivity contribution in [3.05, 3.63) is 65.7 Å². The van der Waals surface area contributed by atoms with Crippen molar-refractivity contribution in [3.63, 3.8) is 0 Å². The largest absolute Gasteiger partial charge is 0.411 e. The van der Waals surface area contributed by atoms with Crippen LogP contribution in [-0.4, -0.2) is 55.2 Å². The number of carbonyl (C=O) groups is 2. The van der Waals surface area contributed by atoms with Crippen molar-refractivity contribution in [2.45, 2.75) is 24.9 Å². The summed E-state index contributed by atoms with van der Waals surface area (Å²) in [5.74, 6) is -1.75. The highest BCUT2D eigenvalue weighted by Gasteiger charge is 2.47. The van der Waals surface area contributed by atoms with Crippen LogP contribution in [0.15, 0.2) is 54.6 Å². The Morgan fingerprint density at radius 2 is 1.69 bits per heavy atom. The van der Waals surface area contributed by atoms with Crippen molar-refractivity contribution in [1.29, 1.82) is 0 Å². The smallest absolute Gasteiger partial charge is 0.368 e. The summed E-state index contributed by atoms with van der Waals surface area (Å²) < 4.78 is 43.7. The van der Waals surface area contributed by atoms with Crippen LogP contribution in [0.1, 0.15) is 11.1 Å². The van der Waals surface area contributed by atoms with E-state index < -0.39 is 36.4 Å². The molecule has 1 aliphatic heterocycles. The molecule has 0 spiro atoms. The van der Waals surface area contributed by atoms with E-state index in [2.05, 4.69) is 0 Å². The fourth-order valence-electron chi connectivity index (χ4n) is 3.77. The number of hydrogen-bond acceptors (Lipinski definition) is 5. The molecular weight excluding hydrogens is 425 g/mol. The number of aryl methyl sites for hydroxylation is 1. The van der Waals surface area contributed by atoms with Crippen LogP contribution in [0.3, 0.4) is 0 Å². The summed E-state index contributed by atoms with van der Waals surface area (Å²) >= 11 is 0. The molecule has 2 aromatic carbocycles. The molecule has 1 fully saturated rings. The van der Waals surface area contributed by atoms with Gasteiger partial charge in [0.15, 0.2) is 0 Å². The molecule has 32 heavy (non-hydrogen) atoms. The average molecular weight is 450 g/mol. The fraction of sp³-hybridized carbons (Fsp3) is 0.364. The number of carbonyl (C=O) groups excluding carboxylic acids is 2. The number of nitrogens with zero attached hydrogens (tertiary/aromatic N) is 2. The highest BCUT2D eigenvalue weighted by molar-refractivity contribution is 5.92. The van der Waals surface area contributed by atoms with Crippen LogP contribution in [-0.2, 0) is 20.1 Å². The van der Waals surface area contributed by atoms with E-state index >= 15 is 0 Å². The predicted octanol–water partition coefficient (Wildman–Crippen LogP) is 1.89. The van der Waals surface area contributed by atoms with Gasteiger partial charge in [0.05, 0.1) is 0 Å². The molecule has 3 rings (SSSR count). The summed E-state index contributed by atoms with van der Waals surface area (Å²) in [7, 11) is 0. The van der Waals surface area contributed by atoms with Crippen molar-refractivity contribution >= 4 is 17.5 Å². The highest BCUT2D eigenvalue weighted by Crippen LogP contribution is 2.29. The molecule has 4 N–H and O–H groups in total. The number of amides is 2. The Bertz CT molecular complexity index is 970. The summed E-state index contributed by atoms with van der Waals surface area (Å²) in [5, 5.41) is 0. The van der Waals surface area contributed by atoms with Crippen molar-refractivity contribution in [2.75, 3.05) is 31.1 Å². The first-order valence-corrected chi connectivity index (χ1v) is 9.99. The van der Waals surface area contributed by atoms with Crippen LogP contribution in [0.5, 0.6) is 0 Å². The Morgan fingerprint density at radius 3 is 2.28 bits per heavy atom. The Hall–Kier alpha value is -3.11. The lowest BCUT2D eigenvalue weighted by Crippen LogP contribution is -2.65. The van der Waals surface area contributed by atoms with E-state index in [0.29, 0.717) is 6.54 Å². The van der Waals surface area contributed by atoms with Crippen molar-refractivity contribution in [1.82, 2.24) is 4.90 Å². The third-order valence-electron chi connectivity index (χ3n) is 5.41. The highest BCUT2D eigenvalue weighted by atomic mass is 19.4. The van der Waals surface area contributed by atoms with Gasteiger partial charge in [0, 0.05) is 30.9 Å². The number of hydrogen-bond donors (Lipinski definition) is 2. The van der Waals surface area contributed by atoms with E-state index in [1.807, 2.05) is 36.1 Å². The van der Waals surface area contributed by atoms with Crippen LogP contribution in [0.25, 0.3) is 0 Å². The summed E-state index contributed by atoms with van der Waals surface area (Å²) in [6.45, 7) is 0.633. The third-order valence-corrected chi connectivity index (χ3v) is 5.41. The van der Waals surface area contributed by atoms with Crippen LogP contribution in [0.2, 0.25) is 0 Å². The molecule has 0 saturated carbocycles. The van der Waals surface area contributed by atoms with E-state index in [9.17, 15) is 22.8 Å². The van der Waals surface area contributed by atoms with E-state index in [1.165, 1.54) is 24.3 Å². The third kappa shape index (κ3) is 5.03. The molecule has 0 aliphatic carbocycles. The summed E-state index contributed by atoms with van der Waals surface area (Å²) in [5.41, 5.74) is 11.2. The lowest BCUT2D eigenvalue weighted by atomic mass is 9.99. The van der Waals surface area contributed by atoms with Crippen LogP contribution in [0.4, 0.5) is 18.9 Å². The lowest BCUT2D eigenvalue weighted by Gasteiger charge is -2.44. The normalized spacial score (nSPS) is 18.8. The zero-order valence-electron chi connectivity index (χ0n) is 17.5. The molecule has 2 aromatic rings. The van der Waals surface area contributed by atoms with Gasteiger partial charge in [-0.15, -0.1) is 0 Å². The number of rotatable bonds is 6. The van der Waals surface area contributed by atoms with E-state index in [1.54, 1.807) is 6.07 Å². The minimum absolute atomic E-state index is 0.0297. The first-order valence-electron chi connectivity index (χ1n) is 9.99. The molecule has 1 heterocycles. The quantitative estimate of drug-likeness (QED) is 0.655. The number of para-hydroxylation sites is 1. The monoisotopic (exact) mass is 450 g/mol. The SMILES string of the molecule is Cc1ccccc1N1CCN(C(=O)C(N)(OCC(F)(F)F)c2ccccc2)C(C(N)=O)C1. The lowest BCUT2D eigenvalue weighted by molar-refractivity contribution is -0.213. The minimum atomic E-state index is -4.70. The van der Waals surface area contributed by atoms with Gasteiger partial charge in [-0.2, -0.15) is 13.2 Å². The van der Waals surface area contributed by atoms with Gasteiger partial charge >= 0.3 is 6.18 Å². The van der Waals surface area contributed by atoms with Crippen molar-refractivity contribution < 1.29 is 27.5 Å². The molecule has 1 aliphatic rings. The summed E-state index contributed by atoms with van der Waals surface area (Å²) in [6, 6.07) is 13.9. The molecule has 0 bridgehead atoms. The van der Waals surface area contributed by atoms with Gasteiger partial charge in [-0.3, -0.25) is 15.3 Å². The van der Waals surface area contributed by atoms with Gasteiger partial charge in [-0.25, -0.2) is 0 Å². The molecule has 0 radical (unpaired) electrons. The first kappa shape index (κ1) is 23.6. The molecule has 1 saturated heterocycles. The van der Waals surface area contributed by atoms with Gasteiger partial charge in [0.25, 0.3) is 5.91 Å². The van der Waals surface area contributed by atoms with E-state index in [-0.39, 0.29) is 18.7 Å². The van der Waals surface area contributed by atoms with Crippen molar-refractivity contribution in [3.8, 4) is 0 Å². The molecule has 0 aromatic heterocycles. The Labute approximate surface area is 183 Å². The Kier molecular flexibility index (Phi) is 6.75. The van der Waals surface area contributed by atoms with Gasteiger partial charge in [0.2, 0.25) is 11.6 Å². The fourth-order valence-corrected chi connectivity index (χ4v) is 3.77. The molecule has 172 valence electrons. The molecular formula is C22H25F3N4O3. The van der Waals surface area contributed by atoms with Crippen molar-refractivity contribution in [2.24, 2.45) is 11.5 Å². The maximum Gasteiger partial charge on any atom is 0.411 e. The number of alkyl halides is 3. The zero-order valence-corrected chi connectivity index (χ0v) is 17.5. The summed E-state index contributed by atoms with van der Waals surface area (Å²) in [4.78, 5) is 28.7. The van der Waals surface area contributed by atoms with Crippen LogP contribution in [0, 0.1) is 6.92 Å². The molecule has 2 unspecified atom stereocenters. The maximum absolute atomic E-state index is 13.4. The topological polar surface area (TPSA) is 102 Å². The molecule has 2 atom stereocenters. The molecule has 2 amide bonds. The van der Waals surface area contributed by atoms with Crippen LogP contribution < -0.4 is 16.4 Å². The molecule has 10 heteroatoms. The first-order chi connectivity index (χ1) is 15.0. The second-order valence-electron chi connectivity index (χ2n) is 7.65. The number of halogens is 3. The number of piperazine rings is 1. The van der Waals surface area contributed by atoms with E-state index in [0.717, 1.165) is 16.2 Å². The maximum atomic E-state index is 13.4. The number of nitrogens with two attached hydrogens (primary N) is 2. The minimum Gasteiger partial charge on any atom is -0.368 e. The predicted molar refractivity (Wildman–Crippen MR) is 112 cm³/mol. The number of benzene rings is 2. The van der Waals surface area contributed by atoms with E-state index in [4.69, 9.17) is 16.2 Å². The number of ether oxygens (including phenoxy) is 1. The number of primary amides is 1. The van der Waals surface area contributed by atoms with Gasteiger partial charge in [-0.1, -0.05) is 48.5 Å². The average Bonchev–Trinajstić information content (AvgIpc) is 2.77. The summed E-state index contributed by atoms with van der Waals surface area (Å²) in [6.07, 6.45) is -4.70. The second kappa shape index (κ2) is 9.17. The van der Waals surface area contributed by atoms with Gasteiger partial charge < -0.3 is 20.3 Å². The Morgan fingerprint density at radius 1 is 1.06 bits per heavy atom. The van der Waals surface area contributed by atoms with Gasteiger partial charge in [0.1, 0.15) is 12.6 Å². The molecule has 7 nitrogen and oxygen atoms in total. The number of anilines is 1. The standard InChI is InChI=1S/C22H25F3N4O3/c1-15-7-5-6-10-17(15)28-11-12-29(18(13-28)19(26)30)20(31)22(27,32-14-21(23,24)25)16-8-3-2-4-9-16/h2-10,18H,11-14,27H2,1H3,(H2,26,30). The Balaban J connectivity index is 1.91. The van der Waals surface area contributed by atoms with Crippen LogP contribution >= 0.6 is 0 Å².